The van der Waals surface area contributed by atoms with E-state index in [1.807, 2.05) is 12.3 Å². The molecule has 1 heterocycles. The number of ketones is 1. The highest BCUT2D eigenvalue weighted by atomic mass is 32.1. The Morgan fingerprint density at radius 2 is 2.23 bits per heavy atom. The molecular weight excluding hydrogens is 180 g/mol. The van der Waals surface area contributed by atoms with Crippen LogP contribution in [0.3, 0.4) is 0 Å². The molecule has 0 fully saturated rings. The SMILES string of the molecule is CCC(=O)c1sccc1C(C)CC. The lowest BCUT2D eigenvalue weighted by Gasteiger charge is -2.08. The molecule has 0 amide bonds. The minimum atomic E-state index is 0.283. The van der Waals surface area contributed by atoms with E-state index in [0.29, 0.717) is 12.3 Å². The van der Waals surface area contributed by atoms with E-state index in [-0.39, 0.29) is 5.78 Å². The fourth-order valence-corrected chi connectivity index (χ4v) is 2.35. The van der Waals surface area contributed by atoms with Gasteiger partial charge in [-0.2, -0.15) is 0 Å². The lowest BCUT2D eigenvalue weighted by Crippen LogP contribution is -2.00. The highest BCUT2D eigenvalue weighted by molar-refractivity contribution is 7.12. The maximum absolute atomic E-state index is 11.5. The summed E-state index contributed by atoms with van der Waals surface area (Å²) in [6.07, 6.45) is 1.71. The molecule has 0 radical (unpaired) electrons. The summed E-state index contributed by atoms with van der Waals surface area (Å²) in [5, 5.41) is 2.02. The Kier molecular flexibility index (Phi) is 3.67. The molecule has 2 heteroatoms. The number of carbonyl (C=O) groups is 1. The lowest BCUT2D eigenvalue weighted by molar-refractivity contribution is 0.0991. The first-order valence-electron chi connectivity index (χ1n) is 4.81. The second-order valence-electron chi connectivity index (χ2n) is 3.29. The predicted molar refractivity (Wildman–Crippen MR) is 57.6 cm³/mol. The Morgan fingerprint density at radius 3 is 2.77 bits per heavy atom. The van der Waals surface area contributed by atoms with E-state index >= 15 is 0 Å². The van der Waals surface area contributed by atoms with Gasteiger partial charge in [0.25, 0.3) is 0 Å². The zero-order valence-electron chi connectivity index (χ0n) is 8.46. The van der Waals surface area contributed by atoms with Crippen LogP contribution >= 0.6 is 11.3 Å². The quantitative estimate of drug-likeness (QED) is 0.668. The molecule has 1 nitrogen and oxygen atoms in total. The molecule has 1 unspecified atom stereocenters. The van der Waals surface area contributed by atoms with Crippen molar-refractivity contribution in [2.24, 2.45) is 0 Å². The minimum Gasteiger partial charge on any atom is -0.293 e. The van der Waals surface area contributed by atoms with Gasteiger partial charge in [0.05, 0.1) is 4.88 Å². The molecule has 0 saturated heterocycles. The number of carbonyl (C=O) groups excluding carboxylic acids is 1. The molecular formula is C11H16OS. The zero-order valence-corrected chi connectivity index (χ0v) is 9.28. The third-order valence-electron chi connectivity index (χ3n) is 2.41. The van der Waals surface area contributed by atoms with E-state index in [1.54, 1.807) is 11.3 Å². The van der Waals surface area contributed by atoms with E-state index in [1.165, 1.54) is 5.56 Å². The predicted octanol–water partition coefficient (Wildman–Crippen LogP) is 3.85. The Balaban J connectivity index is 2.95. The fourth-order valence-electron chi connectivity index (χ4n) is 1.31. The summed E-state index contributed by atoms with van der Waals surface area (Å²) in [4.78, 5) is 12.5. The van der Waals surface area contributed by atoms with Crippen molar-refractivity contribution in [1.82, 2.24) is 0 Å². The van der Waals surface area contributed by atoms with E-state index in [0.717, 1.165) is 11.3 Å². The van der Waals surface area contributed by atoms with Crippen LogP contribution < -0.4 is 0 Å². The molecule has 1 rings (SSSR count). The van der Waals surface area contributed by atoms with Crippen LogP contribution in [0, 0.1) is 0 Å². The maximum atomic E-state index is 11.5. The molecule has 13 heavy (non-hydrogen) atoms. The first kappa shape index (κ1) is 10.5. The van der Waals surface area contributed by atoms with Crippen molar-refractivity contribution < 1.29 is 4.79 Å². The van der Waals surface area contributed by atoms with Gasteiger partial charge in [-0.25, -0.2) is 0 Å². The van der Waals surface area contributed by atoms with Crippen molar-refractivity contribution in [3.05, 3.63) is 21.9 Å². The average Bonchev–Trinajstić information content (AvgIpc) is 2.63. The molecule has 0 aliphatic rings. The van der Waals surface area contributed by atoms with Crippen LogP contribution in [0.2, 0.25) is 0 Å². The molecule has 0 aliphatic heterocycles. The van der Waals surface area contributed by atoms with Crippen molar-refractivity contribution in [3.8, 4) is 0 Å². The Bertz CT molecular complexity index is 288. The summed E-state index contributed by atoms with van der Waals surface area (Å²) >= 11 is 1.58. The van der Waals surface area contributed by atoms with Gasteiger partial charge < -0.3 is 0 Å². The molecule has 1 atom stereocenters. The van der Waals surface area contributed by atoms with Gasteiger partial charge in [0.2, 0.25) is 0 Å². The fraction of sp³-hybridized carbons (Fsp3) is 0.545. The van der Waals surface area contributed by atoms with Crippen LogP contribution in [-0.2, 0) is 0 Å². The molecule has 0 aliphatic carbocycles. The van der Waals surface area contributed by atoms with E-state index < -0.39 is 0 Å². The van der Waals surface area contributed by atoms with Crippen molar-refractivity contribution in [1.29, 1.82) is 0 Å². The second kappa shape index (κ2) is 4.56. The third kappa shape index (κ3) is 2.19. The summed E-state index contributed by atoms with van der Waals surface area (Å²) in [5.74, 6) is 0.794. The minimum absolute atomic E-state index is 0.283. The van der Waals surface area contributed by atoms with Crippen molar-refractivity contribution >= 4 is 17.1 Å². The van der Waals surface area contributed by atoms with Crippen LogP contribution in [0.5, 0.6) is 0 Å². The number of hydrogen-bond acceptors (Lipinski definition) is 2. The molecule has 72 valence electrons. The first-order chi connectivity index (χ1) is 6.20. The zero-order chi connectivity index (χ0) is 9.84. The number of thiophene rings is 1. The van der Waals surface area contributed by atoms with Gasteiger partial charge in [-0.3, -0.25) is 4.79 Å². The molecule has 0 spiro atoms. The number of rotatable bonds is 4. The van der Waals surface area contributed by atoms with Crippen molar-refractivity contribution in [2.45, 2.75) is 39.5 Å². The van der Waals surface area contributed by atoms with Gasteiger partial charge in [-0.15, -0.1) is 11.3 Å². The molecule has 0 saturated carbocycles. The monoisotopic (exact) mass is 196 g/mol. The van der Waals surface area contributed by atoms with Gasteiger partial charge >= 0.3 is 0 Å². The largest absolute Gasteiger partial charge is 0.293 e. The maximum Gasteiger partial charge on any atom is 0.172 e. The second-order valence-corrected chi connectivity index (χ2v) is 4.21. The van der Waals surface area contributed by atoms with Gasteiger partial charge in [0.15, 0.2) is 5.78 Å². The van der Waals surface area contributed by atoms with Crippen molar-refractivity contribution in [3.63, 3.8) is 0 Å². The van der Waals surface area contributed by atoms with Crippen LogP contribution in [0.1, 0.15) is 54.8 Å². The Labute approximate surface area is 83.8 Å². The summed E-state index contributed by atoms with van der Waals surface area (Å²) in [6.45, 7) is 6.25. The van der Waals surface area contributed by atoms with Crippen LogP contribution in [0.25, 0.3) is 0 Å². The summed E-state index contributed by atoms with van der Waals surface area (Å²) in [7, 11) is 0. The molecule has 1 aromatic heterocycles. The standard InChI is InChI=1S/C11H16OS/c1-4-8(3)9-6-7-13-11(9)10(12)5-2/h6-8H,4-5H2,1-3H3. The summed E-state index contributed by atoms with van der Waals surface area (Å²) < 4.78 is 0. The van der Waals surface area contributed by atoms with Crippen molar-refractivity contribution in [2.75, 3.05) is 0 Å². The molecule has 0 N–H and O–H groups in total. The Morgan fingerprint density at radius 1 is 1.54 bits per heavy atom. The number of hydrogen-bond donors (Lipinski definition) is 0. The van der Waals surface area contributed by atoms with Crippen LogP contribution in [-0.4, -0.2) is 5.78 Å². The smallest absolute Gasteiger partial charge is 0.172 e. The molecule has 0 bridgehead atoms. The molecule has 0 aromatic carbocycles. The van der Waals surface area contributed by atoms with Crippen LogP contribution in [0.4, 0.5) is 0 Å². The lowest BCUT2D eigenvalue weighted by atomic mass is 9.98. The van der Waals surface area contributed by atoms with E-state index in [4.69, 9.17) is 0 Å². The highest BCUT2D eigenvalue weighted by Gasteiger charge is 2.14. The number of Topliss-reactive ketones (excluding diaryl/α,β-unsaturated/α-hetero) is 1. The Hall–Kier alpha value is -0.630. The highest BCUT2D eigenvalue weighted by Crippen LogP contribution is 2.27. The average molecular weight is 196 g/mol. The van der Waals surface area contributed by atoms with Gasteiger partial charge in [0, 0.05) is 6.42 Å². The third-order valence-corrected chi connectivity index (χ3v) is 3.38. The normalized spacial score (nSPS) is 12.8. The summed E-state index contributed by atoms with van der Waals surface area (Å²) in [5.41, 5.74) is 1.24. The van der Waals surface area contributed by atoms with E-state index in [9.17, 15) is 4.79 Å². The topological polar surface area (TPSA) is 17.1 Å². The van der Waals surface area contributed by atoms with Gasteiger partial charge in [-0.05, 0) is 29.3 Å². The van der Waals surface area contributed by atoms with Crippen LogP contribution in [0.15, 0.2) is 11.4 Å². The molecule has 1 aromatic rings. The van der Waals surface area contributed by atoms with E-state index in [2.05, 4.69) is 19.9 Å². The summed E-state index contributed by atoms with van der Waals surface area (Å²) in [6, 6.07) is 2.09. The van der Waals surface area contributed by atoms with Gasteiger partial charge in [0.1, 0.15) is 0 Å². The first-order valence-corrected chi connectivity index (χ1v) is 5.69. The van der Waals surface area contributed by atoms with Gasteiger partial charge in [-0.1, -0.05) is 20.8 Å².